The monoisotopic (exact) mass is 210 g/mol. The normalized spacial score (nSPS) is 11.7. The van der Waals surface area contributed by atoms with Gasteiger partial charge in [-0.25, -0.2) is 0 Å². The Morgan fingerprint density at radius 3 is 2.27 bits per heavy atom. The summed E-state index contributed by atoms with van der Waals surface area (Å²) in [6.07, 6.45) is 0.788. The molecular formula is C12H22N2O. The van der Waals surface area contributed by atoms with Crippen LogP contribution in [0, 0.1) is 5.92 Å². The molecule has 0 bridgehead atoms. The average Bonchev–Trinajstić information content (AvgIpc) is 2.41. The number of hydrogen-bond donors (Lipinski definition) is 1. The Bertz CT molecular complexity index is 327. The van der Waals surface area contributed by atoms with Crippen molar-refractivity contribution in [3.8, 4) is 5.75 Å². The molecule has 86 valence electrons. The van der Waals surface area contributed by atoms with Crippen molar-refractivity contribution in [1.82, 2.24) is 9.78 Å². The Kier molecular flexibility index (Phi) is 3.77. The van der Waals surface area contributed by atoms with Gasteiger partial charge in [-0.3, -0.25) is 4.68 Å². The maximum absolute atomic E-state index is 10.0. The summed E-state index contributed by atoms with van der Waals surface area (Å²) in [6, 6.07) is 0. The van der Waals surface area contributed by atoms with Gasteiger partial charge >= 0.3 is 0 Å². The maximum Gasteiger partial charge on any atom is 0.160 e. The molecule has 0 atom stereocenters. The number of nitrogens with zero attached hydrogens (tertiary/aromatic N) is 2. The summed E-state index contributed by atoms with van der Waals surface area (Å²) in [5.41, 5.74) is 1.79. The molecule has 0 saturated heterocycles. The SMILES string of the molecule is CCc1nn(CC(C)C)c(C(C)C)c1O. The summed E-state index contributed by atoms with van der Waals surface area (Å²) in [5, 5.41) is 14.5. The second-order valence-corrected chi connectivity index (χ2v) is 4.76. The molecule has 0 radical (unpaired) electrons. The average molecular weight is 210 g/mol. The fraction of sp³-hybridized carbons (Fsp3) is 0.750. The quantitative estimate of drug-likeness (QED) is 0.829. The van der Waals surface area contributed by atoms with E-state index in [1.54, 1.807) is 0 Å². The van der Waals surface area contributed by atoms with E-state index in [0.717, 1.165) is 24.4 Å². The predicted molar refractivity (Wildman–Crippen MR) is 62.2 cm³/mol. The molecule has 3 heteroatoms. The van der Waals surface area contributed by atoms with Crippen molar-refractivity contribution >= 4 is 0 Å². The molecule has 1 rings (SSSR count). The van der Waals surface area contributed by atoms with Crippen LogP contribution in [-0.2, 0) is 13.0 Å². The van der Waals surface area contributed by atoms with E-state index in [9.17, 15) is 5.11 Å². The van der Waals surface area contributed by atoms with Crippen molar-refractivity contribution in [2.45, 2.75) is 53.5 Å². The summed E-state index contributed by atoms with van der Waals surface area (Å²) in [5.74, 6) is 1.26. The van der Waals surface area contributed by atoms with Gasteiger partial charge in [-0.2, -0.15) is 5.10 Å². The van der Waals surface area contributed by atoms with Crippen molar-refractivity contribution in [3.63, 3.8) is 0 Å². The first kappa shape index (κ1) is 12.1. The number of rotatable bonds is 4. The first-order chi connectivity index (χ1) is 6.97. The lowest BCUT2D eigenvalue weighted by atomic mass is 10.1. The third-order valence-electron chi connectivity index (χ3n) is 2.46. The molecule has 0 aliphatic heterocycles. The van der Waals surface area contributed by atoms with Crippen molar-refractivity contribution in [2.75, 3.05) is 0 Å². The Balaban J connectivity index is 3.13. The van der Waals surface area contributed by atoms with E-state index in [0.29, 0.717) is 17.6 Å². The van der Waals surface area contributed by atoms with Crippen LogP contribution in [0.15, 0.2) is 0 Å². The third kappa shape index (κ3) is 2.52. The lowest BCUT2D eigenvalue weighted by Crippen LogP contribution is -2.10. The Morgan fingerprint density at radius 1 is 1.27 bits per heavy atom. The number of aromatic hydroxyl groups is 1. The van der Waals surface area contributed by atoms with Crippen LogP contribution < -0.4 is 0 Å². The van der Waals surface area contributed by atoms with Gasteiger partial charge in [0, 0.05) is 6.54 Å². The minimum atomic E-state index is 0.316. The van der Waals surface area contributed by atoms with Gasteiger partial charge in [-0.15, -0.1) is 0 Å². The van der Waals surface area contributed by atoms with E-state index in [4.69, 9.17) is 0 Å². The number of hydrogen-bond acceptors (Lipinski definition) is 2. The van der Waals surface area contributed by atoms with Crippen LogP contribution >= 0.6 is 0 Å². The van der Waals surface area contributed by atoms with Crippen molar-refractivity contribution in [3.05, 3.63) is 11.4 Å². The summed E-state index contributed by atoms with van der Waals surface area (Å²) >= 11 is 0. The van der Waals surface area contributed by atoms with E-state index < -0.39 is 0 Å². The van der Waals surface area contributed by atoms with E-state index in [2.05, 4.69) is 32.8 Å². The maximum atomic E-state index is 10.0. The van der Waals surface area contributed by atoms with Gasteiger partial charge in [-0.05, 0) is 18.3 Å². The van der Waals surface area contributed by atoms with Crippen LogP contribution in [0.5, 0.6) is 5.75 Å². The highest BCUT2D eigenvalue weighted by Crippen LogP contribution is 2.29. The number of aromatic nitrogens is 2. The first-order valence-electron chi connectivity index (χ1n) is 5.75. The lowest BCUT2D eigenvalue weighted by Gasteiger charge is -2.12. The highest BCUT2D eigenvalue weighted by molar-refractivity contribution is 5.34. The second-order valence-electron chi connectivity index (χ2n) is 4.76. The van der Waals surface area contributed by atoms with E-state index in [-0.39, 0.29) is 0 Å². The van der Waals surface area contributed by atoms with Crippen LogP contribution in [0.2, 0.25) is 0 Å². The molecule has 0 aliphatic rings. The van der Waals surface area contributed by atoms with E-state index >= 15 is 0 Å². The molecule has 0 amide bonds. The highest BCUT2D eigenvalue weighted by Gasteiger charge is 2.18. The van der Waals surface area contributed by atoms with Crippen LogP contribution in [0.25, 0.3) is 0 Å². The fourth-order valence-corrected chi connectivity index (χ4v) is 1.81. The topological polar surface area (TPSA) is 38.0 Å². The van der Waals surface area contributed by atoms with Gasteiger partial charge in [0.15, 0.2) is 5.75 Å². The summed E-state index contributed by atoms with van der Waals surface area (Å²) in [6.45, 7) is 11.4. The molecule has 1 aromatic rings. The third-order valence-corrected chi connectivity index (χ3v) is 2.46. The molecular weight excluding hydrogens is 188 g/mol. The predicted octanol–water partition coefficient (Wildman–Crippen LogP) is 2.93. The number of aryl methyl sites for hydroxylation is 1. The minimum absolute atomic E-state index is 0.316. The Morgan fingerprint density at radius 2 is 1.87 bits per heavy atom. The zero-order valence-electron chi connectivity index (χ0n) is 10.4. The molecule has 1 aromatic heterocycles. The molecule has 0 aromatic carbocycles. The van der Waals surface area contributed by atoms with Gasteiger partial charge in [0.25, 0.3) is 0 Å². The van der Waals surface area contributed by atoms with Crippen LogP contribution in [0.1, 0.15) is 51.9 Å². The van der Waals surface area contributed by atoms with Crippen molar-refractivity contribution in [2.24, 2.45) is 5.92 Å². The van der Waals surface area contributed by atoms with Crippen LogP contribution in [0.3, 0.4) is 0 Å². The summed E-state index contributed by atoms with van der Waals surface area (Å²) < 4.78 is 1.96. The smallest absolute Gasteiger partial charge is 0.160 e. The van der Waals surface area contributed by atoms with Crippen LogP contribution in [-0.4, -0.2) is 14.9 Å². The lowest BCUT2D eigenvalue weighted by molar-refractivity contribution is 0.436. The summed E-state index contributed by atoms with van der Waals surface area (Å²) in [4.78, 5) is 0. The van der Waals surface area contributed by atoms with E-state index in [1.165, 1.54) is 0 Å². The molecule has 0 aliphatic carbocycles. The molecule has 0 spiro atoms. The molecule has 3 nitrogen and oxygen atoms in total. The molecule has 0 unspecified atom stereocenters. The van der Waals surface area contributed by atoms with Gasteiger partial charge < -0.3 is 5.11 Å². The standard InChI is InChI=1S/C12H22N2O/c1-6-10-12(15)11(9(4)5)14(13-10)7-8(2)3/h8-9,15H,6-7H2,1-5H3. The molecule has 0 saturated carbocycles. The Hall–Kier alpha value is -0.990. The van der Waals surface area contributed by atoms with Gasteiger partial charge in [-0.1, -0.05) is 34.6 Å². The highest BCUT2D eigenvalue weighted by atomic mass is 16.3. The van der Waals surface area contributed by atoms with E-state index in [1.807, 2.05) is 11.6 Å². The molecule has 0 fully saturated rings. The second kappa shape index (κ2) is 4.69. The zero-order chi connectivity index (χ0) is 11.6. The Labute approximate surface area is 92.1 Å². The van der Waals surface area contributed by atoms with Crippen LogP contribution in [0.4, 0.5) is 0 Å². The minimum Gasteiger partial charge on any atom is -0.504 e. The molecule has 1 N–H and O–H groups in total. The fourth-order valence-electron chi connectivity index (χ4n) is 1.81. The van der Waals surface area contributed by atoms with Gasteiger partial charge in [0.2, 0.25) is 0 Å². The summed E-state index contributed by atoms with van der Waals surface area (Å²) in [7, 11) is 0. The largest absolute Gasteiger partial charge is 0.504 e. The molecule has 15 heavy (non-hydrogen) atoms. The van der Waals surface area contributed by atoms with Crippen molar-refractivity contribution in [1.29, 1.82) is 0 Å². The zero-order valence-corrected chi connectivity index (χ0v) is 10.4. The first-order valence-corrected chi connectivity index (χ1v) is 5.75. The molecule has 1 heterocycles. The van der Waals surface area contributed by atoms with Gasteiger partial charge in [0.1, 0.15) is 5.69 Å². The van der Waals surface area contributed by atoms with Crippen molar-refractivity contribution < 1.29 is 5.11 Å². The van der Waals surface area contributed by atoms with Gasteiger partial charge in [0.05, 0.1) is 5.69 Å².